The monoisotopic (exact) mass is 377 g/mol. The molecule has 0 aromatic heterocycles. The predicted octanol–water partition coefficient (Wildman–Crippen LogP) is 5.14. The highest BCUT2D eigenvalue weighted by Gasteiger charge is 2.49. The van der Waals surface area contributed by atoms with E-state index in [1.807, 2.05) is 0 Å². The smallest absolute Gasteiger partial charge is 0.377 e. The zero-order chi connectivity index (χ0) is 19.0. The summed E-state index contributed by atoms with van der Waals surface area (Å²) in [5.74, 6) is 0. The van der Waals surface area contributed by atoms with Crippen molar-refractivity contribution in [1.82, 2.24) is 4.57 Å². The van der Waals surface area contributed by atoms with Gasteiger partial charge in [-0.05, 0) is 36.1 Å². The Bertz CT molecular complexity index is 304. The van der Waals surface area contributed by atoms with Crippen molar-refractivity contribution in [3.63, 3.8) is 0 Å². The van der Waals surface area contributed by atoms with E-state index in [1.54, 1.807) is 21.3 Å². The predicted molar refractivity (Wildman–Crippen MR) is 109 cm³/mol. The second kappa shape index (κ2) is 11.1. The molecule has 0 aromatic carbocycles. The van der Waals surface area contributed by atoms with E-state index in [9.17, 15) is 0 Å². The maximum Gasteiger partial charge on any atom is 0.501 e. The molecule has 0 radical (unpaired) electrons. The van der Waals surface area contributed by atoms with Crippen molar-refractivity contribution in [2.45, 2.75) is 84.0 Å². The van der Waals surface area contributed by atoms with Crippen molar-refractivity contribution < 1.29 is 13.3 Å². The summed E-state index contributed by atoms with van der Waals surface area (Å²) in [6.45, 7) is 19.0. The minimum Gasteiger partial charge on any atom is -0.377 e. The fraction of sp³-hybridized carbons (Fsp3) is 1.00. The molecule has 0 aliphatic rings. The van der Waals surface area contributed by atoms with Crippen LogP contribution in [-0.2, 0) is 13.3 Å². The lowest BCUT2D eigenvalue weighted by molar-refractivity contribution is 0.121. The Hall–Kier alpha value is 0.274. The van der Waals surface area contributed by atoms with Gasteiger partial charge in [-0.25, -0.2) is 0 Å². The summed E-state index contributed by atoms with van der Waals surface area (Å²) in [6.07, 6.45) is 2.49. The normalized spacial score (nSPS) is 13.8. The van der Waals surface area contributed by atoms with E-state index in [-0.39, 0.29) is 0 Å². The van der Waals surface area contributed by atoms with E-state index in [0.29, 0.717) is 0 Å². The molecule has 0 unspecified atom stereocenters. The van der Waals surface area contributed by atoms with Crippen molar-refractivity contribution in [3.8, 4) is 0 Å². The third-order valence-electron chi connectivity index (χ3n) is 5.72. The molecule has 0 N–H and O–H groups in total. The quantitative estimate of drug-likeness (QED) is 0.416. The van der Waals surface area contributed by atoms with Crippen LogP contribution in [0.3, 0.4) is 0 Å². The average Bonchev–Trinajstić information content (AvgIpc) is 2.52. The van der Waals surface area contributed by atoms with Gasteiger partial charge in [0, 0.05) is 27.4 Å². The van der Waals surface area contributed by atoms with Crippen LogP contribution < -0.4 is 0 Å². The van der Waals surface area contributed by atoms with Gasteiger partial charge < -0.3 is 17.8 Å². The molecule has 0 atom stereocenters. The third kappa shape index (κ3) is 5.38. The van der Waals surface area contributed by atoms with E-state index >= 15 is 0 Å². The van der Waals surface area contributed by atoms with Gasteiger partial charge in [-0.3, -0.25) is 0 Å². The molecule has 0 spiro atoms. The Kier molecular flexibility index (Phi) is 11.2. The Morgan fingerprint density at radius 2 is 1.17 bits per heavy atom. The van der Waals surface area contributed by atoms with Gasteiger partial charge in [-0.2, -0.15) is 0 Å². The molecule has 0 fully saturated rings. The highest BCUT2D eigenvalue weighted by Crippen LogP contribution is 2.44. The van der Waals surface area contributed by atoms with Gasteiger partial charge in [0.15, 0.2) is 0 Å². The Balaban J connectivity index is 5.62. The molecule has 146 valence electrons. The van der Waals surface area contributed by atoms with Gasteiger partial charge in [0.1, 0.15) is 8.24 Å². The molecule has 0 aromatic rings. The summed E-state index contributed by atoms with van der Waals surface area (Å²) in [5, 5.41) is 0. The number of nitrogens with zero attached hydrogens (tertiary/aromatic N) is 1. The maximum absolute atomic E-state index is 5.67. The van der Waals surface area contributed by atoms with Crippen molar-refractivity contribution in [1.29, 1.82) is 0 Å². The van der Waals surface area contributed by atoms with E-state index in [4.69, 9.17) is 13.3 Å². The van der Waals surface area contributed by atoms with Crippen molar-refractivity contribution in [3.05, 3.63) is 0 Å². The standard InChI is InChI=1S/C18H43NO3Si2/c1-11-12-13-19(14-15-23(20-8,21-9)22-10)24(16(2)3,17(4)5)18(6)7/h16-18H,11-15H2,1-10H3. The fourth-order valence-electron chi connectivity index (χ4n) is 4.77. The molecular weight excluding hydrogens is 334 g/mol. The minimum absolute atomic E-state index is 0.720. The first-order valence-electron chi connectivity index (χ1n) is 9.58. The zero-order valence-corrected chi connectivity index (χ0v) is 19.9. The second-order valence-corrected chi connectivity index (χ2v) is 16.7. The molecule has 0 saturated carbocycles. The van der Waals surface area contributed by atoms with Crippen molar-refractivity contribution >= 4 is 17.0 Å². The summed E-state index contributed by atoms with van der Waals surface area (Å²) >= 11 is 0. The number of rotatable bonds is 13. The van der Waals surface area contributed by atoms with Gasteiger partial charge in [-0.15, -0.1) is 0 Å². The average molecular weight is 378 g/mol. The highest BCUT2D eigenvalue weighted by atomic mass is 28.4. The maximum atomic E-state index is 5.67. The van der Waals surface area contributed by atoms with Gasteiger partial charge in [0.2, 0.25) is 0 Å². The lowest BCUT2D eigenvalue weighted by atomic mass is 10.3. The van der Waals surface area contributed by atoms with Gasteiger partial charge in [0.25, 0.3) is 0 Å². The first-order valence-corrected chi connectivity index (χ1v) is 13.7. The molecule has 24 heavy (non-hydrogen) atoms. The van der Waals surface area contributed by atoms with Crippen LogP contribution in [0.5, 0.6) is 0 Å². The van der Waals surface area contributed by atoms with Gasteiger partial charge in [0.05, 0.1) is 0 Å². The van der Waals surface area contributed by atoms with Crippen LogP contribution in [0, 0.1) is 0 Å². The summed E-state index contributed by atoms with van der Waals surface area (Å²) in [5.41, 5.74) is 2.16. The van der Waals surface area contributed by atoms with Crippen molar-refractivity contribution in [2.75, 3.05) is 34.4 Å². The van der Waals surface area contributed by atoms with E-state index in [2.05, 4.69) is 53.0 Å². The van der Waals surface area contributed by atoms with Crippen LogP contribution in [0.15, 0.2) is 0 Å². The molecule has 0 amide bonds. The van der Waals surface area contributed by atoms with Crippen LogP contribution in [0.4, 0.5) is 0 Å². The number of hydrogen-bond acceptors (Lipinski definition) is 4. The van der Waals surface area contributed by atoms with Crippen LogP contribution >= 0.6 is 0 Å². The largest absolute Gasteiger partial charge is 0.501 e. The minimum atomic E-state index is -2.52. The van der Waals surface area contributed by atoms with E-state index < -0.39 is 17.0 Å². The van der Waals surface area contributed by atoms with E-state index in [0.717, 1.165) is 29.2 Å². The molecule has 4 nitrogen and oxygen atoms in total. The Labute approximate surface area is 153 Å². The van der Waals surface area contributed by atoms with Gasteiger partial charge >= 0.3 is 8.80 Å². The summed E-state index contributed by atoms with van der Waals surface area (Å²) < 4.78 is 19.8. The zero-order valence-electron chi connectivity index (χ0n) is 17.9. The highest BCUT2D eigenvalue weighted by molar-refractivity contribution is 6.81. The van der Waals surface area contributed by atoms with Crippen molar-refractivity contribution in [2.24, 2.45) is 0 Å². The van der Waals surface area contributed by atoms with E-state index in [1.165, 1.54) is 19.4 Å². The first kappa shape index (κ1) is 24.3. The van der Waals surface area contributed by atoms with Crippen LogP contribution in [-0.4, -0.2) is 56.0 Å². The molecule has 0 rings (SSSR count). The summed E-state index contributed by atoms with van der Waals surface area (Å²) in [7, 11) is 0.982. The first-order chi connectivity index (χ1) is 11.2. The molecule has 0 bridgehead atoms. The SMILES string of the molecule is CCCCN(CC[Si](OC)(OC)OC)[Si](C(C)C)(C(C)C)C(C)C. The second-order valence-electron chi connectivity index (χ2n) is 7.74. The third-order valence-corrected chi connectivity index (χ3v) is 15.5. The summed E-state index contributed by atoms with van der Waals surface area (Å²) in [4.78, 5) is 0. The number of hydrogen-bond donors (Lipinski definition) is 0. The Morgan fingerprint density at radius 1 is 0.750 bits per heavy atom. The van der Waals surface area contributed by atoms with Crippen LogP contribution in [0.25, 0.3) is 0 Å². The van der Waals surface area contributed by atoms with Crippen LogP contribution in [0.1, 0.15) is 61.3 Å². The van der Waals surface area contributed by atoms with Gasteiger partial charge in [-0.1, -0.05) is 54.9 Å². The fourth-order valence-corrected chi connectivity index (χ4v) is 13.9. The molecule has 0 saturated heterocycles. The molecule has 0 aliphatic heterocycles. The van der Waals surface area contributed by atoms with Crippen LogP contribution in [0.2, 0.25) is 22.7 Å². The number of unbranched alkanes of at least 4 members (excludes halogenated alkanes) is 1. The molecule has 0 aliphatic carbocycles. The molecule has 0 heterocycles. The lowest BCUT2D eigenvalue weighted by Crippen LogP contribution is -2.61. The Morgan fingerprint density at radius 3 is 1.46 bits per heavy atom. The lowest BCUT2D eigenvalue weighted by Gasteiger charge is -2.51. The topological polar surface area (TPSA) is 30.9 Å². The molecular formula is C18H43NO3Si2. The molecule has 6 heteroatoms. The summed E-state index contributed by atoms with van der Waals surface area (Å²) in [6, 6.07) is 0.862.